The fourth-order valence-corrected chi connectivity index (χ4v) is 7.51. The molecule has 0 fully saturated rings. The number of pyridine rings is 1. The van der Waals surface area contributed by atoms with Crippen molar-refractivity contribution >= 4 is 21.5 Å². The van der Waals surface area contributed by atoms with Crippen LogP contribution in [0.5, 0.6) is 0 Å². The minimum Gasteiger partial charge on any atom is -0.482 e. The Labute approximate surface area is 261 Å². The zero-order chi connectivity index (χ0) is 31.0. The van der Waals surface area contributed by atoms with Gasteiger partial charge in [0.2, 0.25) is 5.69 Å². The smallest absolute Gasteiger partial charge is 0.220 e. The summed E-state index contributed by atoms with van der Waals surface area (Å²) in [5, 5.41) is 17.4. The SMILES string of the molecule is Cc1cc2c(cc1-c1ccccc1)CC1(C[n+]3ccc4c(ccc5ccccc54)c3-2)OC(C(C)(C)C)=CC(C(C)(C)C)C1O. The highest BCUT2D eigenvalue weighted by Crippen LogP contribution is 2.49. The van der Waals surface area contributed by atoms with Crippen molar-refractivity contribution in [2.75, 3.05) is 0 Å². The highest BCUT2D eigenvalue weighted by atomic mass is 16.5. The molecule has 0 saturated carbocycles. The highest BCUT2D eigenvalue weighted by molar-refractivity contribution is 6.10. The lowest BCUT2D eigenvalue weighted by Crippen LogP contribution is -2.62. The molecular formula is C41H44NO2+. The molecular weight excluding hydrogens is 538 g/mol. The van der Waals surface area contributed by atoms with E-state index < -0.39 is 11.7 Å². The number of aliphatic hydroxyl groups excluding tert-OH is 1. The molecule has 2 aliphatic heterocycles. The van der Waals surface area contributed by atoms with Gasteiger partial charge < -0.3 is 9.84 Å². The van der Waals surface area contributed by atoms with Gasteiger partial charge in [0.05, 0.1) is 16.7 Å². The van der Waals surface area contributed by atoms with Gasteiger partial charge in [0.25, 0.3) is 0 Å². The molecule has 2 aliphatic rings. The van der Waals surface area contributed by atoms with Gasteiger partial charge in [-0.15, -0.1) is 0 Å². The molecule has 0 amide bonds. The van der Waals surface area contributed by atoms with E-state index in [0.29, 0.717) is 13.0 Å². The van der Waals surface area contributed by atoms with Crippen molar-refractivity contribution in [2.24, 2.45) is 16.7 Å². The van der Waals surface area contributed by atoms with Crippen LogP contribution in [0, 0.1) is 23.7 Å². The standard InChI is InChI=1S/C41H44NO2/c1-26-21-34-29(22-33(26)27-13-9-8-10-14-27)24-41(38(43)35(39(2,3)4)23-36(44-41)40(5,6)7)25-42-20-19-31-30-16-12-11-15-28(30)17-18-32(31)37(34)42/h8-23,35,38,43H,24-25H2,1-7H3/q+1. The summed E-state index contributed by atoms with van der Waals surface area (Å²) < 4.78 is 9.52. The normalized spacial score (nSPS) is 21.9. The molecule has 0 radical (unpaired) electrons. The first-order chi connectivity index (χ1) is 20.9. The highest BCUT2D eigenvalue weighted by Gasteiger charge is 2.56. The molecule has 224 valence electrons. The molecule has 1 aromatic heterocycles. The van der Waals surface area contributed by atoms with Crippen LogP contribution in [0.15, 0.2) is 103 Å². The summed E-state index contributed by atoms with van der Waals surface area (Å²) >= 11 is 0. The van der Waals surface area contributed by atoms with Gasteiger partial charge in [0, 0.05) is 29.2 Å². The summed E-state index contributed by atoms with van der Waals surface area (Å²) in [4.78, 5) is 0. The van der Waals surface area contributed by atoms with Crippen LogP contribution in [0.3, 0.4) is 0 Å². The summed E-state index contributed by atoms with van der Waals surface area (Å²) in [7, 11) is 0. The van der Waals surface area contributed by atoms with Crippen LogP contribution in [0.1, 0.15) is 52.7 Å². The summed E-state index contributed by atoms with van der Waals surface area (Å²) in [6, 6.07) is 30.8. The number of hydrogen-bond acceptors (Lipinski definition) is 2. The van der Waals surface area contributed by atoms with Crippen LogP contribution < -0.4 is 4.57 Å². The minimum atomic E-state index is -0.840. The largest absolute Gasteiger partial charge is 0.482 e. The predicted molar refractivity (Wildman–Crippen MR) is 181 cm³/mol. The Morgan fingerprint density at radius 3 is 2.25 bits per heavy atom. The Morgan fingerprint density at radius 2 is 1.52 bits per heavy atom. The Morgan fingerprint density at radius 1 is 0.795 bits per heavy atom. The average Bonchev–Trinajstić information content (AvgIpc) is 3.11. The van der Waals surface area contributed by atoms with E-state index in [-0.39, 0.29) is 16.7 Å². The van der Waals surface area contributed by atoms with Crippen molar-refractivity contribution in [1.82, 2.24) is 0 Å². The fraction of sp³-hybridized carbons (Fsp3) is 0.341. The number of rotatable bonds is 1. The Bertz CT molecular complexity index is 1940. The van der Waals surface area contributed by atoms with E-state index in [0.717, 1.165) is 5.76 Å². The molecule has 5 aromatic rings. The lowest BCUT2D eigenvalue weighted by Gasteiger charge is -2.48. The molecule has 44 heavy (non-hydrogen) atoms. The predicted octanol–water partition coefficient (Wildman–Crippen LogP) is 9.20. The van der Waals surface area contributed by atoms with E-state index >= 15 is 0 Å². The molecule has 3 atom stereocenters. The van der Waals surface area contributed by atoms with Crippen molar-refractivity contribution in [2.45, 2.75) is 73.1 Å². The number of aliphatic hydroxyl groups is 1. The van der Waals surface area contributed by atoms with Crippen molar-refractivity contribution in [3.63, 3.8) is 0 Å². The van der Waals surface area contributed by atoms with Crippen molar-refractivity contribution in [3.8, 4) is 22.4 Å². The maximum Gasteiger partial charge on any atom is 0.220 e. The van der Waals surface area contributed by atoms with Gasteiger partial charge in [-0.25, -0.2) is 0 Å². The second-order valence-electron chi connectivity index (χ2n) is 15.2. The monoisotopic (exact) mass is 582 g/mol. The van der Waals surface area contributed by atoms with Crippen molar-refractivity contribution < 1.29 is 14.4 Å². The van der Waals surface area contributed by atoms with Gasteiger partial charge in [-0.3, -0.25) is 0 Å². The number of benzene rings is 4. The van der Waals surface area contributed by atoms with Crippen LogP contribution >= 0.6 is 0 Å². The quantitative estimate of drug-likeness (QED) is 0.158. The van der Waals surface area contributed by atoms with Crippen LogP contribution in [-0.4, -0.2) is 16.8 Å². The van der Waals surface area contributed by atoms with Gasteiger partial charge in [0.1, 0.15) is 6.10 Å². The Hall–Kier alpha value is -3.95. The molecule has 3 nitrogen and oxygen atoms in total. The molecule has 1 N–H and O–H groups in total. The number of allylic oxidation sites excluding steroid dienone is 1. The number of aromatic nitrogens is 1. The second-order valence-corrected chi connectivity index (χ2v) is 15.2. The Balaban J connectivity index is 1.54. The van der Waals surface area contributed by atoms with E-state index in [1.807, 2.05) is 0 Å². The van der Waals surface area contributed by atoms with E-state index in [2.05, 4.69) is 150 Å². The summed E-state index contributed by atoms with van der Waals surface area (Å²) in [5.41, 5.74) is 6.12. The van der Waals surface area contributed by atoms with Crippen molar-refractivity contribution in [1.29, 1.82) is 0 Å². The third-order valence-electron chi connectivity index (χ3n) is 9.91. The second kappa shape index (κ2) is 10.0. The lowest BCUT2D eigenvalue weighted by atomic mass is 9.68. The number of fused-ring (bicyclic) bond motifs is 7. The first-order valence-electron chi connectivity index (χ1n) is 16.0. The summed E-state index contributed by atoms with van der Waals surface area (Å²) in [5.74, 6) is 0.912. The number of hydrogen-bond donors (Lipinski definition) is 1. The summed E-state index contributed by atoms with van der Waals surface area (Å²) in [6.07, 6.45) is 4.36. The molecule has 7 rings (SSSR count). The Kier molecular flexibility index (Phi) is 6.57. The average molecular weight is 583 g/mol. The van der Waals surface area contributed by atoms with Crippen molar-refractivity contribution in [3.05, 3.63) is 114 Å². The first-order valence-corrected chi connectivity index (χ1v) is 16.0. The molecule has 1 spiro atoms. The number of aryl methyl sites for hydroxylation is 1. The molecule has 3 heterocycles. The topological polar surface area (TPSA) is 33.3 Å². The van der Waals surface area contributed by atoms with Crippen LogP contribution in [0.25, 0.3) is 43.9 Å². The fourth-order valence-electron chi connectivity index (χ4n) is 7.51. The molecule has 0 saturated heterocycles. The van der Waals surface area contributed by atoms with Crippen LogP contribution in [-0.2, 0) is 17.7 Å². The van der Waals surface area contributed by atoms with E-state index in [9.17, 15) is 5.11 Å². The maximum absolute atomic E-state index is 12.5. The third-order valence-corrected chi connectivity index (χ3v) is 9.91. The van der Waals surface area contributed by atoms with E-state index in [1.54, 1.807) is 0 Å². The zero-order valence-corrected chi connectivity index (χ0v) is 27.1. The van der Waals surface area contributed by atoms with Gasteiger partial charge in [-0.05, 0) is 69.6 Å². The van der Waals surface area contributed by atoms with Crippen LogP contribution in [0.4, 0.5) is 0 Å². The molecule has 4 aromatic carbocycles. The third kappa shape index (κ3) is 4.64. The van der Waals surface area contributed by atoms with Gasteiger partial charge in [-0.2, -0.15) is 4.57 Å². The summed E-state index contributed by atoms with van der Waals surface area (Å²) in [6.45, 7) is 16.1. The molecule has 3 unspecified atom stereocenters. The van der Waals surface area contributed by atoms with E-state index in [4.69, 9.17) is 4.74 Å². The maximum atomic E-state index is 12.5. The van der Waals surface area contributed by atoms with E-state index in [1.165, 1.54) is 55.1 Å². The number of nitrogens with zero attached hydrogens (tertiary/aromatic N) is 1. The van der Waals surface area contributed by atoms with Gasteiger partial charge in [0.15, 0.2) is 18.3 Å². The van der Waals surface area contributed by atoms with Gasteiger partial charge in [-0.1, -0.05) is 102 Å². The van der Waals surface area contributed by atoms with Crippen LogP contribution in [0.2, 0.25) is 0 Å². The first kappa shape index (κ1) is 28.8. The molecule has 3 heteroatoms. The zero-order valence-electron chi connectivity index (χ0n) is 27.1. The molecule has 0 bridgehead atoms. The van der Waals surface area contributed by atoms with Gasteiger partial charge >= 0.3 is 0 Å². The lowest BCUT2D eigenvalue weighted by molar-refractivity contribution is -0.700. The minimum absolute atomic E-state index is 0.0560. The number of ether oxygens (including phenoxy) is 1. The molecule has 0 aliphatic carbocycles.